The number of ether oxygens (including phenoxy) is 2. The second kappa shape index (κ2) is 7.71. The number of aliphatic hydroxyl groups is 1. The fraction of sp³-hybridized carbons (Fsp3) is 0.500. The van der Waals surface area contributed by atoms with E-state index in [9.17, 15) is 4.79 Å². The van der Waals surface area contributed by atoms with Gasteiger partial charge in [0.15, 0.2) is 6.61 Å². The van der Waals surface area contributed by atoms with Gasteiger partial charge in [0.25, 0.3) is 0 Å². The molecule has 100 valence electrons. The second-order valence-electron chi connectivity index (χ2n) is 4.02. The van der Waals surface area contributed by atoms with Crippen LogP contribution in [0, 0.1) is 6.92 Å². The van der Waals surface area contributed by atoms with E-state index >= 15 is 0 Å². The third-order valence-corrected chi connectivity index (χ3v) is 2.51. The van der Waals surface area contributed by atoms with E-state index in [-0.39, 0.29) is 19.2 Å². The maximum absolute atomic E-state index is 11.2. The van der Waals surface area contributed by atoms with Gasteiger partial charge in [-0.3, -0.25) is 0 Å². The first-order chi connectivity index (χ1) is 8.67. The van der Waals surface area contributed by atoms with Crippen molar-refractivity contribution < 1.29 is 19.4 Å². The summed E-state index contributed by atoms with van der Waals surface area (Å²) in [4.78, 5) is 11.2. The Labute approximate surface area is 108 Å². The summed E-state index contributed by atoms with van der Waals surface area (Å²) < 4.78 is 10.2. The zero-order valence-electron chi connectivity index (χ0n) is 10.9. The topological polar surface area (TPSA) is 55.8 Å². The van der Waals surface area contributed by atoms with Crippen LogP contribution < -0.4 is 4.74 Å². The molecule has 0 saturated carbocycles. The predicted molar refractivity (Wildman–Crippen MR) is 68.7 cm³/mol. The van der Waals surface area contributed by atoms with Crippen molar-refractivity contribution in [3.63, 3.8) is 0 Å². The molecule has 1 rings (SSSR count). The molecule has 0 amide bonds. The van der Waals surface area contributed by atoms with Gasteiger partial charge in [0, 0.05) is 6.61 Å². The summed E-state index contributed by atoms with van der Waals surface area (Å²) in [7, 11) is 0. The number of hydrogen-bond donors (Lipinski definition) is 1. The number of carbonyl (C=O) groups is 1. The van der Waals surface area contributed by atoms with E-state index in [0.717, 1.165) is 24.0 Å². The molecule has 1 N–H and O–H groups in total. The van der Waals surface area contributed by atoms with Gasteiger partial charge < -0.3 is 14.6 Å². The van der Waals surface area contributed by atoms with Crippen LogP contribution in [0.25, 0.3) is 0 Å². The van der Waals surface area contributed by atoms with E-state index in [0.29, 0.717) is 12.4 Å². The van der Waals surface area contributed by atoms with Crippen LogP contribution in [-0.2, 0) is 16.0 Å². The Morgan fingerprint density at radius 3 is 2.78 bits per heavy atom. The predicted octanol–water partition coefficient (Wildman–Crippen LogP) is 1.86. The number of hydrogen-bond acceptors (Lipinski definition) is 4. The number of rotatable bonds is 7. The molecule has 4 heteroatoms. The highest BCUT2D eigenvalue weighted by Crippen LogP contribution is 2.19. The zero-order valence-corrected chi connectivity index (χ0v) is 10.9. The highest BCUT2D eigenvalue weighted by Gasteiger charge is 2.06. The van der Waals surface area contributed by atoms with Crippen molar-refractivity contribution in [2.45, 2.75) is 26.7 Å². The van der Waals surface area contributed by atoms with Gasteiger partial charge in [-0.25, -0.2) is 4.79 Å². The lowest BCUT2D eigenvalue weighted by molar-refractivity contribution is -0.145. The van der Waals surface area contributed by atoms with Gasteiger partial charge in [-0.1, -0.05) is 12.1 Å². The van der Waals surface area contributed by atoms with Gasteiger partial charge in [0.1, 0.15) is 5.75 Å². The van der Waals surface area contributed by atoms with Gasteiger partial charge in [0.05, 0.1) is 6.61 Å². The summed E-state index contributed by atoms with van der Waals surface area (Å²) in [6.45, 7) is 4.19. The molecule has 0 radical (unpaired) electrons. The van der Waals surface area contributed by atoms with Crippen molar-refractivity contribution in [3.05, 3.63) is 29.3 Å². The molecule has 4 nitrogen and oxygen atoms in total. The van der Waals surface area contributed by atoms with Crippen molar-refractivity contribution in [2.75, 3.05) is 19.8 Å². The molecule has 0 aliphatic rings. The van der Waals surface area contributed by atoms with Crippen LogP contribution in [0.4, 0.5) is 0 Å². The molecule has 0 fully saturated rings. The Balaban J connectivity index is 2.54. The first-order valence-corrected chi connectivity index (χ1v) is 6.16. The monoisotopic (exact) mass is 252 g/mol. The van der Waals surface area contributed by atoms with E-state index in [1.54, 1.807) is 6.92 Å². The van der Waals surface area contributed by atoms with Crippen LogP contribution in [0.3, 0.4) is 0 Å². The van der Waals surface area contributed by atoms with E-state index in [4.69, 9.17) is 14.6 Å². The van der Waals surface area contributed by atoms with E-state index in [1.165, 1.54) is 0 Å². The lowest BCUT2D eigenvalue weighted by atomic mass is 10.1. The molecule has 0 unspecified atom stereocenters. The van der Waals surface area contributed by atoms with Gasteiger partial charge >= 0.3 is 5.97 Å². The summed E-state index contributed by atoms with van der Waals surface area (Å²) in [5, 5.41) is 8.77. The molecular weight excluding hydrogens is 232 g/mol. The molecule has 1 aromatic carbocycles. The van der Waals surface area contributed by atoms with Crippen molar-refractivity contribution >= 4 is 5.97 Å². The van der Waals surface area contributed by atoms with Crippen molar-refractivity contribution in [1.82, 2.24) is 0 Å². The maximum Gasteiger partial charge on any atom is 0.344 e. The van der Waals surface area contributed by atoms with Gasteiger partial charge in [-0.05, 0) is 43.9 Å². The van der Waals surface area contributed by atoms with Crippen molar-refractivity contribution in [2.24, 2.45) is 0 Å². The van der Waals surface area contributed by atoms with Gasteiger partial charge in [-0.15, -0.1) is 0 Å². The standard InChI is InChI=1S/C14H20O4/c1-3-17-14(16)10-18-13-7-6-12(5-4-8-15)9-11(13)2/h6-7,9,15H,3-5,8,10H2,1-2H3. The third kappa shape index (κ3) is 4.75. The van der Waals surface area contributed by atoms with Crippen LogP contribution in [0.5, 0.6) is 5.75 Å². The number of esters is 1. The van der Waals surface area contributed by atoms with Crippen LogP contribution in [0.1, 0.15) is 24.5 Å². The lowest BCUT2D eigenvalue weighted by Crippen LogP contribution is -2.15. The average molecular weight is 252 g/mol. The Morgan fingerprint density at radius 1 is 1.39 bits per heavy atom. The van der Waals surface area contributed by atoms with Crippen molar-refractivity contribution in [1.29, 1.82) is 0 Å². The Morgan fingerprint density at radius 2 is 2.17 bits per heavy atom. The number of aryl methyl sites for hydroxylation is 2. The number of aliphatic hydroxyl groups excluding tert-OH is 1. The molecule has 0 aliphatic heterocycles. The molecule has 18 heavy (non-hydrogen) atoms. The summed E-state index contributed by atoms with van der Waals surface area (Å²) in [6.07, 6.45) is 1.60. The molecular formula is C14H20O4. The Bertz CT molecular complexity index is 387. The normalized spacial score (nSPS) is 10.2. The molecule has 1 aromatic rings. The van der Waals surface area contributed by atoms with Crippen LogP contribution in [0.15, 0.2) is 18.2 Å². The first kappa shape index (κ1) is 14.5. The minimum atomic E-state index is -0.360. The number of carbonyl (C=O) groups excluding carboxylic acids is 1. The molecule has 0 atom stereocenters. The van der Waals surface area contributed by atoms with Crippen LogP contribution in [-0.4, -0.2) is 30.9 Å². The third-order valence-electron chi connectivity index (χ3n) is 2.51. The maximum atomic E-state index is 11.2. The summed E-state index contributed by atoms with van der Waals surface area (Å²) in [5.74, 6) is 0.331. The molecule has 0 aromatic heterocycles. The lowest BCUT2D eigenvalue weighted by Gasteiger charge is -2.10. The largest absolute Gasteiger partial charge is 0.482 e. The van der Waals surface area contributed by atoms with E-state index in [2.05, 4.69) is 0 Å². The molecule has 0 heterocycles. The molecule has 0 spiro atoms. The van der Waals surface area contributed by atoms with Crippen LogP contribution in [0.2, 0.25) is 0 Å². The molecule has 0 bridgehead atoms. The Kier molecular flexibility index (Phi) is 6.22. The molecule has 0 saturated heterocycles. The first-order valence-electron chi connectivity index (χ1n) is 6.16. The Hall–Kier alpha value is -1.55. The quantitative estimate of drug-likeness (QED) is 0.753. The van der Waals surface area contributed by atoms with Gasteiger partial charge in [0.2, 0.25) is 0 Å². The number of benzene rings is 1. The fourth-order valence-corrected chi connectivity index (χ4v) is 1.65. The van der Waals surface area contributed by atoms with Gasteiger partial charge in [-0.2, -0.15) is 0 Å². The average Bonchev–Trinajstić information content (AvgIpc) is 2.35. The zero-order chi connectivity index (χ0) is 13.4. The minimum absolute atomic E-state index is 0.0648. The van der Waals surface area contributed by atoms with E-state index < -0.39 is 0 Å². The molecule has 0 aliphatic carbocycles. The van der Waals surface area contributed by atoms with Crippen molar-refractivity contribution in [3.8, 4) is 5.75 Å². The summed E-state index contributed by atoms with van der Waals surface area (Å²) in [5.41, 5.74) is 2.14. The highest BCUT2D eigenvalue weighted by atomic mass is 16.6. The van der Waals surface area contributed by atoms with E-state index in [1.807, 2.05) is 25.1 Å². The highest BCUT2D eigenvalue weighted by molar-refractivity contribution is 5.71. The smallest absolute Gasteiger partial charge is 0.344 e. The summed E-state index contributed by atoms with van der Waals surface area (Å²) in [6, 6.07) is 5.81. The fourth-order valence-electron chi connectivity index (χ4n) is 1.65. The summed E-state index contributed by atoms with van der Waals surface area (Å²) >= 11 is 0. The SMILES string of the molecule is CCOC(=O)COc1ccc(CCCO)cc1C. The van der Waals surface area contributed by atoms with Crippen LogP contribution >= 0.6 is 0 Å². The minimum Gasteiger partial charge on any atom is -0.482 e. The second-order valence-corrected chi connectivity index (χ2v) is 4.02.